The van der Waals surface area contributed by atoms with E-state index in [1.165, 1.54) is 11.3 Å². The summed E-state index contributed by atoms with van der Waals surface area (Å²) in [6.45, 7) is 3.53. The molecule has 0 saturated heterocycles. The Bertz CT molecular complexity index is 143. The van der Waals surface area contributed by atoms with Crippen molar-refractivity contribution in [2.45, 2.75) is 0 Å². The van der Waals surface area contributed by atoms with E-state index >= 15 is 0 Å². The molecule has 0 N–H and O–H groups in total. The zero-order chi connectivity index (χ0) is 5.11. The molecule has 0 bridgehead atoms. The molecular weight excluding hydrogens is 106 g/mol. The van der Waals surface area contributed by atoms with E-state index in [2.05, 4.69) is 16.9 Å². The maximum Gasteiger partial charge on any atom is 0.116 e. The summed E-state index contributed by atoms with van der Waals surface area (Å²) in [4.78, 5) is 3.88. The lowest BCUT2D eigenvalue weighted by atomic mass is 10.7. The third-order valence-corrected chi connectivity index (χ3v) is 1.29. The Hall–Kier alpha value is -0.630. The minimum Gasteiger partial charge on any atom is -0.245 e. The van der Waals surface area contributed by atoms with Crippen LogP contribution in [-0.4, -0.2) is 4.98 Å². The van der Waals surface area contributed by atoms with E-state index in [0.717, 1.165) is 5.01 Å². The molecule has 0 aromatic carbocycles. The van der Waals surface area contributed by atoms with E-state index in [4.69, 9.17) is 0 Å². The lowest BCUT2D eigenvalue weighted by Crippen LogP contribution is -1.58. The average Bonchev–Trinajstić information content (AvgIpc) is 2.14. The van der Waals surface area contributed by atoms with Gasteiger partial charge in [-0.2, -0.15) is 0 Å². The summed E-state index contributed by atoms with van der Waals surface area (Å²) in [5.74, 6) is 0. The fourth-order valence-corrected chi connectivity index (χ4v) is 0.712. The van der Waals surface area contributed by atoms with Gasteiger partial charge in [-0.3, -0.25) is 0 Å². The van der Waals surface area contributed by atoms with E-state index in [9.17, 15) is 0 Å². The lowest BCUT2D eigenvalue weighted by molar-refractivity contribution is 1.39. The van der Waals surface area contributed by atoms with Gasteiger partial charge in [-0.05, 0) is 6.08 Å². The van der Waals surface area contributed by atoms with Crippen molar-refractivity contribution in [2.75, 3.05) is 0 Å². The van der Waals surface area contributed by atoms with Crippen LogP contribution >= 0.6 is 11.3 Å². The van der Waals surface area contributed by atoms with Crippen LogP contribution in [0.5, 0.6) is 0 Å². The molecule has 1 aromatic heterocycles. The Morgan fingerprint density at radius 1 is 2.00 bits per heavy atom. The monoisotopic (exact) mass is 110 g/mol. The lowest BCUT2D eigenvalue weighted by Gasteiger charge is -1.69. The van der Waals surface area contributed by atoms with Gasteiger partial charge in [0.15, 0.2) is 0 Å². The quantitative estimate of drug-likeness (QED) is 0.535. The molecule has 1 radical (unpaired) electrons. The zero-order valence-corrected chi connectivity index (χ0v) is 4.53. The first-order valence-corrected chi connectivity index (χ1v) is 2.69. The molecule has 7 heavy (non-hydrogen) atoms. The summed E-state index contributed by atoms with van der Waals surface area (Å²) in [6, 6.07) is 0. The minimum absolute atomic E-state index is 0.931. The van der Waals surface area contributed by atoms with Gasteiger partial charge in [-0.15, -0.1) is 11.3 Å². The predicted molar refractivity (Wildman–Crippen MR) is 31.0 cm³/mol. The van der Waals surface area contributed by atoms with Crippen LogP contribution in [0.2, 0.25) is 0 Å². The van der Waals surface area contributed by atoms with Crippen molar-refractivity contribution in [3.05, 3.63) is 23.2 Å². The van der Waals surface area contributed by atoms with Crippen LogP contribution in [0, 0.1) is 5.38 Å². The van der Waals surface area contributed by atoms with E-state index in [0.29, 0.717) is 0 Å². The van der Waals surface area contributed by atoms with Crippen LogP contribution in [0.25, 0.3) is 6.08 Å². The van der Waals surface area contributed by atoms with Crippen molar-refractivity contribution in [1.82, 2.24) is 4.98 Å². The van der Waals surface area contributed by atoms with Crippen LogP contribution in [0.3, 0.4) is 0 Å². The van der Waals surface area contributed by atoms with Gasteiger partial charge in [0, 0.05) is 6.20 Å². The van der Waals surface area contributed by atoms with Crippen LogP contribution in [0.4, 0.5) is 0 Å². The molecule has 0 saturated carbocycles. The minimum atomic E-state index is 0.931. The third-order valence-electron chi connectivity index (χ3n) is 0.583. The molecule has 0 spiro atoms. The SMILES string of the molecule is C=Cc1nc[c]s1. The van der Waals surface area contributed by atoms with Crippen LogP contribution in [-0.2, 0) is 0 Å². The van der Waals surface area contributed by atoms with Gasteiger partial charge in [0.25, 0.3) is 0 Å². The fourth-order valence-electron chi connectivity index (χ4n) is 0.297. The van der Waals surface area contributed by atoms with Gasteiger partial charge >= 0.3 is 0 Å². The van der Waals surface area contributed by atoms with Crippen LogP contribution in [0.1, 0.15) is 5.01 Å². The van der Waals surface area contributed by atoms with Gasteiger partial charge in [-0.1, -0.05) is 6.58 Å². The molecule has 0 amide bonds. The normalized spacial score (nSPS) is 8.57. The Balaban J connectivity index is 2.96. The van der Waals surface area contributed by atoms with Gasteiger partial charge < -0.3 is 0 Å². The number of rotatable bonds is 1. The molecule has 0 atom stereocenters. The summed E-state index contributed by atoms with van der Waals surface area (Å²) in [7, 11) is 0. The summed E-state index contributed by atoms with van der Waals surface area (Å²) >= 11 is 1.47. The highest BCUT2D eigenvalue weighted by Crippen LogP contribution is 2.02. The highest BCUT2D eigenvalue weighted by molar-refractivity contribution is 7.09. The third kappa shape index (κ3) is 0.871. The second kappa shape index (κ2) is 1.89. The molecule has 0 aliphatic rings. The second-order valence-corrected chi connectivity index (χ2v) is 1.88. The summed E-state index contributed by atoms with van der Waals surface area (Å²) < 4.78 is 0. The van der Waals surface area contributed by atoms with E-state index < -0.39 is 0 Å². The first-order valence-electron chi connectivity index (χ1n) is 1.88. The topological polar surface area (TPSA) is 12.9 Å². The molecule has 1 rings (SSSR count). The summed E-state index contributed by atoms with van der Waals surface area (Å²) in [6.07, 6.45) is 3.35. The first-order chi connectivity index (χ1) is 3.43. The Morgan fingerprint density at radius 3 is 3.14 bits per heavy atom. The predicted octanol–water partition coefficient (Wildman–Crippen LogP) is 1.59. The van der Waals surface area contributed by atoms with Gasteiger partial charge in [0.05, 0.1) is 5.38 Å². The highest BCUT2D eigenvalue weighted by Gasteiger charge is 1.81. The molecule has 0 fully saturated rings. The maximum atomic E-state index is 3.88. The number of aromatic nitrogens is 1. The van der Waals surface area contributed by atoms with Gasteiger partial charge in [0.2, 0.25) is 0 Å². The zero-order valence-electron chi connectivity index (χ0n) is 3.72. The second-order valence-electron chi connectivity index (χ2n) is 1.02. The van der Waals surface area contributed by atoms with Crippen molar-refractivity contribution in [3.8, 4) is 0 Å². The fraction of sp³-hybridized carbons (Fsp3) is 0. The first kappa shape index (κ1) is 4.53. The molecular formula is C5H4NS. The van der Waals surface area contributed by atoms with E-state index in [1.807, 2.05) is 0 Å². The van der Waals surface area contributed by atoms with E-state index in [-0.39, 0.29) is 0 Å². The number of hydrogen-bond acceptors (Lipinski definition) is 2. The Labute approximate surface area is 46.3 Å². The summed E-state index contributed by atoms with van der Waals surface area (Å²) in [5.41, 5.74) is 0. The van der Waals surface area contributed by atoms with Crippen molar-refractivity contribution >= 4 is 17.4 Å². The Kier molecular flexibility index (Phi) is 1.22. The molecule has 1 nitrogen and oxygen atoms in total. The molecule has 1 heterocycles. The molecule has 1 aromatic rings. The largest absolute Gasteiger partial charge is 0.245 e. The average molecular weight is 110 g/mol. The molecule has 2 heteroatoms. The standard InChI is InChI=1S/C5H4NS/c1-2-5-6-3-4-7-5/h2-3H,1H2. The van der Waals surface area contributed by atoms with Crippen molar-refractivity contribution in [1.29, 1.82) is 0 Å². The molecule has 0 aliphatic heterocycles. The van der Waals surface area contributed by atoms with Crippen molar-refractivity contribution in [2.24, 2.45) is 0 Å². The molecule has 0 aliphatic carbocycles. The molecule has 35 valence electrons. The van der Waals surface area contributed by atoms with Gasteiger partial charge in [-0.25, -0.2) is 4.98 Å². The van der Waals surface area contributed by atoms with Crippen LogP contribution in [0.15, 0.2) is 12.8 Å². The number of nitrogens with zero attached hydrogens (tertiary/aromatic N) is 1. The Morgan fingerprint density at radius 2 is 2.86 bits per heavy atom. The van der Waals surface area contributed by atoms with Gasteiger partial charge in [0.1, 0.15) is 5.01 Å². The van der Waals surface area contributed by atoms with Crippen LogP contribution < -0.4 is 0 Å². The maximum absolute atomic E-state index is 3.88. The number of hydrogen-bond donors (Lipinski definition) is 0. The smallest absolute Gasteiger partial charge is 0.116 e. The highest BCUT2D eigenvalue weighted by atomic mass is 32.1. The van der Waals surface area contributed by atoms with Crippen molar-refractivity contribution in [3.63, 3.8) is 0 Å². The van der Waals surface area contributed by atoms with Crippen molar-refractivity contribution < 1.29 is 0 Å². The molecule has 0 unspecified atom stereocenters. The summed E-state index contributed by atoms with van der Waals surface area (Å²) in [5, 5.41) is 3.77. The number of thiazole rings is 1. The van der Waals surface area contributed by atoms with E-state index in [1.54, 1.807) is 12.3 Å².